The standard InChI is InChI=1S/C16H15Cl4N/c1-2-21-16(10-3-5-14(19)15(20)8-10)9-11-7-12(17)4-6-13(11)18/h3-8,16,21H,2,9H2,1H3. The van der Waals surface area contributed by atoms with Gasteiger partial charge in [0.05, 0.1) is 10.0 Å². The third-order valence-corrected chi connectivity index (χ3v) is 4.57. The number of rotatable bonds is 5. The van der Waals surface area contributed by atoms with Crippen LogP contribution in [0.5, 0.6) is 0 Å². The molecule has 0 aromatic heterocycles. The maximum absolute atomic E-state index is 6.25. The lowest BCUT2D eigenvalue weighted by Gasteiger charge is -2.20. The highest BCUT2D eigenvalue weighted by Crippen LogP contribution is 2.29. The highest BCUT2D eigenvalue weighted by Gasteiger charge is 2.14. The topological polar surface area (TPSA) is 12.0 Å². The van der Waals surface area contributed by atoms with Crippen LogP contribution in [-0.4, -0.2) is 6.54 Å². The van der Waals surface area contributed by atoms with Gasteiger partial charge in [0.25, 0.3) is 0 Å². The van der Waals surface area contributed by atoms with Crippen LogP contribution in [0.15, 0.2) is 36.4 Å². The molecule has 0 heterocycles. The summed E-state index contributed by atoms with van der Waals surface area (Å²) in [6.07, 6.45) is 0.727. The molecule has 1 atom stereocenters. The number of hydrogen-bond acceptors (Lipinski definition) is 1. The lowest BCUT2D eigenvalue weighted by molar-refractivity contribution is 0.550. The van der Waals surface area contributed by atoms with E-state index >= 15 is 0 Å². The summed E-state index contributed by atoms with van der Waals surface area (Å²) in [7, 11) is 0. The summed E-state index contributed by atoms with van der Waals surface area (Å²) in [5.41, 5.74) is 2.07. The van der Waals surface area contributed by atoms with Crippen LogP contribution in [0.25, 0.3) is 0 Å². The van der Waals surface area contributed by atoms with Gasteiger partial charge in [0, 0.05) is 16.1 Å². The Labute approximate surface area is 145 Å². The van der Waals surface area contributed by atoms with Crippen LogP contribution >= 0.6 is 46.4 Å². The van der Waals surface area contributed by atoms with E-state index in [-0.39, 0.29) is 6.04 Å². The van der Waals surface area contributed by atoms with E-state index in [2.05, 4.69) is 12.2 Å². The van der Waals surface area contributed by atoms with Gasteiger partial charge in [-0.15, -0.1) is 0 Å². The van der Waals surface area contributed by atoms with Crippen molar-refractivity contribution < 1.29 is 0 Å². The van der Waals surface area contributed by atoms with Crippen molar-refractivity contribution in [3.63, 3.8) is 0 Å². The fraction of sp³-hybridized carbons (Fsp3) is 0.250. The van der Waals surface area contributed by atoms with Crippen LogP contribution in [0.1, 0.15) is 24.1 Å². The van der Waals surface area contributed by atoms with E-state index in [9.17, 15) is 0 Å². The van der Waals surface area contributed by atoms with Crippen LogP contribution in [0.3, 0.4) is 0 Å². The summed E-state index contributed by atoms with van der Waals surface area (Å²) in [6, 6.07) is 11.3. The molecule has 0 saturated carbocycles. The molecule has 0 aliphatic heterocycles. The Morgan fingerprint density at radius 1 is 0.905 bits per heavy atom. The highest BCUT2D eigenvalue weighted by molar-refractivity contribution is 6.42. The first kappa shape index (κ1) is 16.9. The zero-order valence-corrected chi connectivity index (χ0v) is 14.5. The zero-order valence-electron chi connectivity index (χ0n) is 11.5. The molecule has 0 amide bonds. The molecule has 0 saturated heterocycles. The Morgan fingerprint density at radius 3 is 2.29 bits per heavy atom. The van der Waals surface area contributed by atoms with Gasteiger partial charge in [-0.05, 0) is 54.4 Å². The Hall–Kier alpha value is -0.440. The van der Waals surface area contributed by atoms with Crippen LogP contribution < -0.4 is 5.32 Å². The second kappa shape index (κ2) is 7.71. The number of likely N-dealkylation sites (N-methyl/N-ethyl adjacent to an activating group) is 1. The van der Waals surface area contributed by atoms with Gasteiger partial charge in [0.1, 0.15) is 0 Å². The summed E-state index contributed by atoms with van der Waals surface area (Å²) < 4.78 is 0. The number of nitrogens with one attached hydrogen (secondary N) is 1. The van der Waals surface area contributed by atoms with Crippen LogP contribution in [0.4, 0.5) is 0 Å². The second-order valence-electron chi connectivity index (χ2n) is 4.72. The van der Waals surface area contributed by atoms with Gasteiger partial charge in [-0.2, -0.15) is 0 Å². The first-order valence-electron chi connectivity index (χ1n) is 6.63. The van der Waals surface area contributed by atoms with E-state index in [0.29, 0.717) is 20.1 Å². The van der Waals surface area contributed by atoms with E-state index in [1.54, 1.807) is 6.07 Å². The maximum Gasteiger partial charge on any atom is 0.0595 e. The minimum absolute atomic E-state index is 0.0979. The van der Waals surface area contributed by atoms with E-state index in [0.717, 1.165) is 24.1 Å². The van der Waals surface area contributed by atoms with Crippen molar-refractivity contribution in [3.05, 3.63) is 67.6 Å². The lowest BCUT2D eigenvalue weighted by Crippen LogP contribution is -2.23. The predicted octanol–water partition coefficient (Wildman–Crippen LogP) is 6.19. The number of halogens is 4. The van der Waals surface area contributed by atoms with Gasteiger partial charge in [0.15, 0.2) is 0 Å². The smallest absolute Gasteiger partial charge is 0.0595 e. The first-order chi connectivity index (χ1) is 10.0. The summed E-state index contributed by atoms with van der Waals surface area (Å²) >= 11 is 24.4. The fourth-order valence-electron chi connectivity index (χ4n) is 2.20. The van der Waals surface area contributed by atoms with Crippen LogP contribution in [0.2, 0.25) is 20.1 Å². The summed E-state index contributed by atoms with van der Waals surface area (Å²) in [6.45, 7) is 2.90. The molecule has 2 rings (SSSR count). The summed E-state index contributed by atoms with van der Waals surface area (Å²) in [5.74, 6) is 0. The van der Waals surface area contributed by atoms with Gasteiger partial charge < -0.3 is 5.32 Å². The summed E-state index contributed by atoms with van der Waals surface area (Å²) in [4.78, 5) is 0. The van der Waals surface area contributed by atoms with Crippen molar-refractivity contribution in [3.8, 4) is 0 Å². The van der Waals surface area contributed by atoms with E-state index < -0.39 is 0 Å². The maximum atomic E-state index is 6.25. The predicted molar refractivity (Wildman–Crippen MR) is 93.0 cm³/mol. The van der Waals surface area contributed by atoms with Gasteiger partial charge in [-0.25, -0.2) is 0 Å². The van der Waals surface area contributed by atoms with Crippen molar-refractivity contribution in [2.24, 2.45) is 0 Å². The molecule has 0 aliphatic rings. The molecule has 0 bridgehead atoms. The molecule has 2 aromatic rings. The first-order valence-corrected chi connectivity index (χ1v) is 8.14. The van der Waals surface area contributed by atoms with Crippen molar-refractivity contribution in [2.45, 2.75) is 19.4 Å². The highest BCUT2D eigenvalue weighted by atomic mass is 35.5. The average molecular weight is 363 g/mol. The van der Waals surface area contributed by atoms with Gasteiger partial charge in [-0.1, -0.05) is 59.4 Å². The molecule has 5 heteroatoms. The lowest BCUT2D eigenvalue weighted by atomic mass is 9.98. The largest absolute Gasteiger partial charge is 0.310 e. The Kier molecular flexibility index (Phi) is 6.21. The summed E-state index contributed by atoms with van der Waals surface area (Å²) in [5, 5.41) is 5.93. The van der Waals surface area contributed by atoms with Crippen LogP contribution in [0, 0.1) is 0 Å². The van der Waals surface area contributed by atoms with Gasteiger partial charge >= 0.3 is 0 Å². The van der Waals surface area contributed by atoms with Crippen molar-refractivity contribution in [1.82, 2.24) is 5.32 Å². The quantitative estimate of drug-likeness (QED) is 0.668. The minimum Gasteiger partial charge on any atom is -0.310 e. The normalized spacial score (nSPS) is 12.4. The molecule has 112 valence electrons. The zero-order chi connectivity index (χ0) is 15.4. The Balaban J connectivity index is 2.30. The molecule has 0 radical (unpaired) electrons. The van der Waals surface area contributed by atoms with Gasteiger partial charge in [0.2, 0.25) is 0 Å². The van der Waals surface area contributed by atoms with Crippen molar-refractivity contribution >= 4 is 46.4 Å². The molecule has 1 N–H and O–H groups in total. The number of hydrogen-bond donors (Lipinski definition) is 1. The van der Waals surface area contributed by atoms with Crippen molar-refractivity contribution in [2.75, 3.05) is 6.54 Å². The second-order valence-corrected chi connectivity index (χ2v) is 6.38. The molecule has 2 aromatic carbocycles. The monoisotopic (exact) mass is 361 g/mol. The van der Waals surface area contributed by atoms with Crippen molar-refractivity contribution in [1.29, 1.82) is 0 Å². The Morgan fingerprint density at radius 2 is 1.62 bits per heavy atom. The molecular weight excluding hydrogens is 348 g/mol. The van der Waals surface area contributed by atoms with E-state index in [1.807, 2.05) is 30.3 Å². The molecule has 0 spiro atoms. The third kappa shape index (κ3) is 4.51. The van der Waals surface area contributed by atoms with E-state index in [4.69, 9.17) is 46.4 Å². The molecule has 21 heavy (non-hydrogen) atoms. The van der Waals surface area contributed by atoms with Gasteiger partial charge in [-0.3, -0.25) is 0 Å². The molecular formula is C16H15Cl4N. The molecule has 0 fully saturated rings. The fourth-order valence-corrected chi connectivity index (χ4v) is 2.90. The average Bonchev–Trinajstić information content (AvgIpc) is 2.45. The Bertz CT molecular complexity index is 628. The molecule has 0 aliphatic carbocycles. The van der Waals surface area contributed by atoms with Crippen LogP contribution in [-0.2, 0) is 6.42 Å². The molecule has 1 unspecified atom stereocenters. The number of benzene rings is 2. The van der Waals surface area contributed by atoms with E-state index in [1.165, 1.54) is 0 Å². The minimum atomic E-state index is 0.0979. The molecule has 1 nitrogen and oxygen atoms in total. The SMILES string of the molecule is CCNC(Cc1cc(Cl)ccc1Cl)c1ccc(Cl)c(Cl)c1. The third-order valence-electron chi connectivity index (χ3n) is 3.23.